The van der Waals surface area contributed by atoms with Crippen LogP contribution in [-0.2, 0) is 9.53 Å². The number of imide groups is 1. The van der Waals surface area contributed by atoms with Crippen molar-refractivity contribution in [1.29, 1.82) is 0 Å². The lowest BCUT2D eigenvalue weighted by Gasteiger charge is -2.10. The molecule has 0 aromatic heterocycles. The van der Waals surface area contributed by atoms with Gasteiger partial charge in [-0.2, -0.15) is 0 Å². The Hall–Kier alpha value is -2.37. The van der Waals surface area contributed by atoms with Gasteiger partial charge in [0.25, 0.3) is 0 Å². The van der Waals surface area contributed by atoms with E-state index in [2.05, 4.69) is 4.74 Å². The van der Waals surface area contributed by atoms with Crippen LogP contribution in [0.2, 0.25) is 0 Å². The summed E-state index contributed by atoms with van der Waals surface area (Å²) >= 11 is 0. The van der Waals surface area contributed by atoms with Crippen LogP contribution in [0, 0.1) is 12.1 Å². The molecule has 0 bridgehead atoms. The quantitative estimate of drug-likeness (QED) is 0.359. The number of hydroxylamine groups is 1. The van der Waals surface area contributed by atoms with Crippen molar-refractivity contribution < 1.29 is 19.1 Å². The first-order chi connectivity index (χ1) is 9.56. The molecular formula is C14H16N2O4. The molecule has 6 nitrogen and oxygen atoms in total. The number of ether oxygens (including phenoxy) is 1. The van der Waals surface area contributed by atoms with E-state index in [1.165, 1.54) is 6.21 Å². The molecule has 0 N–H and O–H groups in total. The Morgan fingerprint density at radius 1 is 1.45 bits per heavy atom. The fraction of sp³-hybridized carbons (Fsp3) is 0.357. The normalized spacial score (nSPS) is 15.3. The molecule has 20 heavy (non-hydrogen) atoms. The summed E-state index contributed by atoms with van der Waals surface area (Å²) in [5, 5.41) is 11.7. The minimum absolute atomic E-state index is 0.0104. The summed E-state index contributed by atoms with van der Waals surface area (Å²) in [5.41, 5.74) is 1.89. The molecule has 0 atom stereocenters. The van der Waals surface area contributed by atoms with Gasteiger partial charge in [0.1, 0.15) is 6.61 Å². The van der Waals surface area contributed by atoms with Crippen LogP contribution in [0.4, 0.5) is 4.79 Å². The molecular weight excluding hydrogens is 260 g/mol. The largest absolute Gasteiger partial charge is 0.624 e. The molecule has 1 saturated heterocycles. The van der Waals surface area contributed by atoms with Gasteiger partial charge in [0.2, 0.25) is 5.91 Å². The summed E-state index contributed by atoms with van der Waals surface area (Å²) in [7, 11) is 0. The smallest absolute Gasteiger partial charge is 0.416 e. The first-order valence-corrected chi connectivity index (χ1v) is 6.39. The Kier molecular flexibility index (Phi) is 4.34. The maximum Gasteiger partial charge on any atom is 0.416 e. The molecule has 106 valence electrons. The van der Waals surface area contributed by atoms with Gasteiger partial charge in [0.05, 0.1) is 13.0 Å². The lowest BCUT2D eigenvalue weighted by Crippen LogP contribution is -2.33. The molecule has 2 amide bonds. The average molecular weight is 276 g/mol. The maximum atomic E-state index is 11.7. The van der Waals surface area contributed by atoms with E-state index in [1.54, 1.807) is 0 Å². The van der Waals surface area contributed by atoms with Crippen molar-refractivity contribution in [2.75, 3.05) is 19.7 Å². The molecule has 1 aliphatic heterocycles. The number of cyclic esters (lactones) is 1. The number of hydrogen-bond donors (Lipinski definition) is 0. The van der Waals surface area contributed by atoms with Crippen molar-refractivity contribution in [3.05, 3.63) is 40.6 Å². The van der Waals surface area contributed by atoms with Crippen LogP contribution in [0.5, 0.6) is 0 Å². The topological polar surface area (TPSA) is 72.7 Å². The summed E-state index contributed by atoms with van der Waals surface area (Å²) in [6.45, 7) is 2.46. The summed E-state index contributed by atoms with van der Waals surface area (Å²) in [5.74, 6) is -0.384. The lowest BCUT2D eigenvalue weighted by molar-refractivity contribution is -0.451. The number of amides is 2. The SMILES string of the molecule is Cc1ccc(/C=[N+](\[O-])CCC(=O)N2CCOC2=O)cc1. The minimum atomic E-state index is -0.630. The van der Waals surface area contributed by atoms with E-state index in [9.17, 15) is 14.8 Å². The summed E-state index contributed by atoms with van der Waals surface area (Å²) in [6.07, 6.45) is 0.783. The van der Waals surface area contributed by atoms with E-state index in [0.29, 0.717) is 4.74 Å². The van der Waals surface area contributed by atoms with Gasteiger partial charge in [-0.05, 0) is 19.1 Å². The zero-order valence-corrected chi connectivity index (χ0v) is 11.2. The molecule has 0 radical (unpaired) electrons. The Labute approximate surface area is 116 Å². The van der Waals surface area contributed by atoms with E-state index in [-0.39, 0.29) is 32.0 Å². The first-order valence-electron chi connectivity index (χ1n) is 6.39. The third kappa shape index (κ3) is 3.57. The highest BCUT2D eigenvalue weighted by atomic mass is 16.6. The van der Waals surface area contributed by atoms with Gasteiger partial charge in [0, 0.05) is 5.56 Å². The Balaban J connectivity index is 1.88. The van der Waals surface area contributed by atoms with Crippen LogP contribution in [0.3, 0.4) is 0 Å². The number of rotatable bonds is 4. The molecule has 1 aliphatic rings. The summed E-state index contributed by atoms with van der Waals surface area (Å²) < 4.78 is 5.37. The fourth-order valence-electron chi connectivity index (χ4n) is 1.84. The summed E-state index contributed by atoms with van der Waals surface area (Å²) in [6, 6.07) is 7.48. The van der Waals surface area contributed by atoms with Crippen LogP contribution in [0.1, 0.15) is 17.5 Å². The van der Waals surface area contributed by atoms with Crippen LogP contribution in [-0.4, -0.2) is 47.6 Å². The number of hydrogen-bond acceptors (Lipinski definition) is 4. The molecule has 0 unspecified atom stereocenters. The molecule has 1 aromatic rings. The molecule has 6 heteroatoms. The average Bonchev–Trinajstić information content (AvgIpc) is 2.85. The van der Waals surface area contributed by atoms with Crippen LogP contribution < -0.4 is 0 Å². The number of carbonyl (C=O) groups excluding carboxylic acids is 2. The van der Waals surface area contributed by atoms with Gasteiger partial charge in [-0.25, -0.2) is 14.4 Å². The van der Waals surface area contributed by atoms with Crippen LogP contribution in [0.15, 0.2) is 24.3 Å². The van der Waals surface area contributed by atoms with E-state index < -0.39 is 6.09 Å². The van der Waals surface area contributed by atoms with Crippen molar-refractivity contribution in [2.24, 2.45) is 0 Å². The second-order valence-corrected chi connectivity index (χ2v) is 4.59. The number of aryl methyl sites for hydroxylation is 1. The van der Waals surface area contributed by atoms with Crippen LogP contribution >= 0.6 is 0 Å². The van der Waals surface area contributed by atoms with E-state index in [0.717, 1.165) is 16.0 Å². The Bertz CT molecular complexity index is 537. The van der Waals surface area contributed by atoms with Crippen molar-refractivity contribution in [2.45, 2.75) is 13.3 Å². The highest BCUT2D eigenvalue weighted by molar-refractivity contribution is 5.92. The van der Waals surface area contributed by atoms with Crippen molar-refractivity contribution in [3.8, 4) is 0 Å². The van der Waals surface area contributed by atoms with Gasteiger partial charge < -0.3 is 9.94 Å². The molecule has 0 spiro atoms. The highest BCUT2D eigenvalue weighted by Crippen LogP contribution is 2.05. The fourth-order valence-corrected chi connectivity index (χ4v) is 1.84. The minimum Gasteiger partial charge on any atom is -0.624 e. The third-order valence-electron chi connectivity index (χ3n) is 2.98. The van der Waals surface area contributed by atoms with Gasteiger partial charge >= 0.3 is 6.09 Å². The number of carbonyl (C=O) groups is 2. The number of benzene rings is 1. The zero-order valence-electron chi connectivity index (χ0n) is 11.2. The van der Waals surface area contributed by atoms with Gasteiger partial charge in [0.15, 0.2) is 12.8 Å². The third-order valence-corrected chi connectivity index (χ3v) is 2.98. The van der Waals surface area contributed by atoms with E-state index in [1.807, 2.05) is 31.2 Å². The van der Waals surface area contributed by atoms with Crippen molar-refractivity contribution >= 4 is 18.2 Å². The Morgan fingerprint density at radius 2 is 2.15 bits per heavy atom. The predicted molar refractivity (Wildman–Crippen MR) is 72.5 cm³/mol. The van der Waals surface area contributed by atoms with E-state index in [4.69, 9.17) is 0 Å². The van der Waals surface area contributed by atoms with Gasteiger partial charge in [-0.3, -0.25) is 4.79 Å². The van der Waals surface area contributed by atoms with Crippen LogP contribution in [0.25, 0.3) is 0 Å². The standard InChI is InChI=1S/C14H16N2O4/c1-11-2-4-12(5-3-11)10-15(19)7-6-13(17)16-8-9-20-14(16)18/h2-5,10H,6-9H2,1H3/b15-10-. The molecule has 2 rings (SSSR count). The number of nitrogens with zero attached hydrogens (tertiary/aromatic N) is 2. The van der Waals surface area contributed by atoms with Gasteiger partial charge in [-0.15, -0.1) is 0 Å². The monoisotopic (exact) mass is 276 g/mol. The molecule has 1 aromatic carbocycles. The molecule has 1 fully saturated rings. The highest BCUT2D eigenvalue weighted by Gasteiger charge is 2.28. The van der Waals surface area contributed by atoms with Gasteiger partial charge in [-0.1, -0.05) is 17.7 Å². The molecule has 1 heterocycles. The Morgan fingerprint density at radius 3 is 2.75 bits per heavy atom. The molecule has 0 saturated carbocycles. The maximum absolute atomic E-state index is 11.7. The second kappa shape index (κ2) is 6.18. The lowest BCUT2D eigenvalue weighted by atomic mass is 10.2. The first kappa shape index (κ1) is 14.0. The zero-order chi connectivity index (χ0) is 14.5. The van der Waals surface area contributed by atoms with Crippen molar-refractivity contribution in [1.82, 2.24) is 4.90 Å². The molecule has 0 aliphatic carbocycles. The predicted octanol–water partition coefficient (Wildman–Crippen LogP) is 1.29. The van der Waals surface area contributed by atoms with E-state index >= 15 is 0 Å². The van der Waals surface area contributed by atoms with Crippen molar-refractivity contribution in [3.63, 3.8) is 0 Å². The summed E-state index contributed by atoms with van der Waals surface area (Å²) in [4.78, 5) is 23.9. The second-order valence-electron chi connectivity index (χ2n) is 4.59.